The van der Waals surface area contributed by atoms with E-state index >= 15 is 0 Å². The molecule has 2 atom stereocenters. The van der Waals surface area contributed by atoms with Crippen LogP contribution in [0.15, 0.2) is 48.5 Å². The predicted octanol–water partition coefficient (Wildman–Crippen LogP) is 3.82. The number of halogens is 1. The second-order valence-electron chi connectivity index (χ2n) is 6.35. The monoisotopic (exact) mass is 393 g/mol. The minimum atomic E-state index is -1.28. The van der Waals surface area contributed by atoms with Crippen molar-refractivity contribution in [3.63, 3.8) is 0 Å². The van der Waals surface area contributed by atoms with Gasteiger partial charge in [0.2, 0.25) is 5.91 Å². The van der Waals surface area contributed by atoms with Gasteiger partial charge in [-0.05, 0) is 55.8 Å². The zero-order chi connectivity index (χ0) is 21.4. The lowest BCUT2D eigenvalue weighted by Gasteiger charge is -2.26. The number of hydrogen-bond acceptors (Lipinski definition) is 5. The van der Waals surface area contributed by atoms with E-state index in [1.165, 1.54) is 31.2 Å². The van der Waals surface area contributed by atoms with Gasteiger partial charge in [-0.2, -0.15) is 10.5 Å². The van der Waals surface area contributed by atoms with Crippen molar-refractivity contribution in [2.45, 2.75) is 19.8 Å². The van der Waals surface area contributed by atoms with E-state index < -0.39 is 35.3 Å². The summed E-state index contributed by atoms with van der Waals surface area (Å²) in [5.74, 6) is -4.50. The number of Topliss-reactive ketones (excluding diaryl/α,β-unsaturated/α-hetero) is 1. The molecule has 148 valence electrons. The fraction of sp³-hybridized carbons (Fsp3) is 0.273. The highest BCUT2D eigenvalue weighted by atomic mass is 19.1. The van der Waals surface area contributed by atoms with Gasteiger partial charge in [-0.25, -0.2) is 4.39 Å². The average Bonchev–Trinajstić information content (AvgIpc) is 2.70. The van der Waals surface area contributed by atoms with Crippen molar-refractivity contribution < 1.29 is 18.7 Å². The molecule has 6 nitrogen and oxygen atoms in total. The summed E-state index contributed by atoms with van der Waals surface area (Å²) < 4.78 is 18.5. The van der Waals surface area contributed by atoms with Gasteiger partial charge in [-0.1, -0.05) is 12.1 Å². The summed E-state index contributed by atoms with van der Waals surface area (Å²) in [5.41, 5.74) is 0.801. The van der Waals surface area contributed by atoms with Crippen LogP contribution >= 0.6 is 0 Å². The number of nitrogens with zero attached hydrogens (tertiary/aromatic N) is 2. The second-order valence-corrected chi connectivity index (χ2v) is 6.35. The van der Waals surface area contributed by atoms with Crippen molar-refractivity contribution in [1.82, 2.24) is 0 Å². The van der Waals surface area contributed by atoms with Crippen molar-refractivity contribution in [2.24, 2.45) is 11.8 Å². The molecule has 1 amide bonds. The third kappa shape index (κ3) is 5.40. The zero-order valence-electron chi connectivity index (χ0n) is 16.1. The fourth-order valence-corrected chi connectivity index (χ4v) is 3.07. The lowest BCUT2D eigenvalue weighted by Crippen LogP contribution is -2.36. The molecule has 0 aliphatic carbocycles. The van der Waals surface area contributed by atoms with Crippen molar-refractivity contribution in [1.29, 1.82) is 10.5 Å². The molecular weight excluding hydrogens is 373 g/mol. The fourth-order valence-electron chi connectivity index (χ4n) is 3.07. The number of carbonyl (C=O) groups is 2. The van der Waals surface area contributed by atoms with Crippen molar-refractivity contribution in [2.75, 3.05) is 11.9 Å². The quantitative estimate of drug-likeness (QED) is 0.687. The Kier molecular flexibility index (Phi) is 7.45. The number of ketones is 1. The normalized spacial score (nSPS) is 12.3. The number of ether oxygens (including phenoxy) is 1. The van der Waals surface area contributed by atoms with Crippen LogP contribution < -0.4 is 10.1 Å². The molecule has 0 spiro atoms. The van der Waals surface area contributed by atoms with Crippen molar-refractivity contribution in [3.8, 4) is 17.9 Å². The number of rotatable bonds is 8. The molecule has 0 unspecified atom stereocenters. The molecule has 0 saturated carbocycles. The minimum absolute atomic E-state index is 0.304. The molecule has 2 aromatic rings. The first kappa shape index (κ1) is 21.6. The number of carbonyl (C=O) groups excluding carboxylic acids is 2. The highest BCUT2D eigenvalue weighted by Crippen LogP contribution is 2.34. The van der Waals surface area contributed by atoms with E-state index in [-0.39, 0.29) is 0 Å². The van der Waals surface area contributed by atoms with Gasteiger partial charge in [0.05, 0.1) is 18.7 Å². The van der Waals surface area contributed by atoms with Crippen LogP contribution in [0.25, 0.3) is 0 Å². The molecule has 2 rings (SSSR count). The van der Waals surface area contributed by atoms with Crippen LogP contribution in [0.4, 0.5) is 10.1 Å². The SMILES string of the molecule is CCOc1ccc([C@H](C(C#N)C#N)[C@H](C(C)=O)C(=O)Nc2ccc(F)cc2)cc1. The standard InChI is InChI=1S/C22H20FN3O3/c1-3-29-19-10-4-15(5-11-19)21(16(12-24)13-25)20(14(2)27)22(28)26-18-8-6-17(23)7-9-18/h4-11,16,20-21H,3H2,1-2H3,(H,26,28)/t20-,21+/m0/s1. The number of amides is 1. The lowest BCUT2D eigenvalue weighted by atomic mass is 9.75. The summed E-state index contributed by atoms with van der Waals surface area (Å²) in [6.45, 7) is 3.55. The highest BCUT2D eigenvalue weighted by Gasteiger charge is 2.39. The summed E-state index contributed by atoms with van der Waals surface area (Å²) in [6.07, 6.45) is 0. The van der Waals surface area contributed by atoms with Crippen LogP contribution in [0.1, 0.15) is 25.3 Å². The summed E-state index contributed by atoms with van der Waals surface area (Å²) in [4.78, 5) is 25.3. The van der Waals surface area contributed by atoms with Gasteiger partial charge in [0.15, 0.2) is 0 Å². The molecule has 7 heteroatoms. The molecule has 0 saturated heterocycles. The van der Waals surface area contributed by atoms with E-state index in [4.69, 9.17) is 4.74 Å². The predicted molar refractivity (Wildman–Crippen MR) is 104 cm³/mol. The molecule has 0 bridgehead atoms. The first-order valence-corrected chi connectivity index (χ1v) is 9.00. The van der Waals surface area contributed by atoms with Gasteiger partial charge in [-0.15, -0.1) is 0 Å². The Hall–Kier alpha value is -3.71. The van der Waals surface area contributed by atoms with Crippen LogP contribution in [0.2, 0.25) is 0 Å². The van der Waals surface area contributed by atoms with Crippen LogP contribution in [0, 0.1) is 40.3 Å². The van der Waals surface area contributed by atoms with Crippen molar-refractivity contribution >= 4 is 17.4 Å². The number of hydrogen-bond donors (Lipinski definition) is 1. The Morgan fingerprint density at radius 1 is 1.07 bits per heavy atom. The van der Waals surface area contributed by atoms with Crippen LogP contribution in [-0.4, -0.2) is 18.3 Å². The second kappa shape index (κ2) is 10.0. The maximum absolute atomic E-state index is 13.1. The molecule has 0 aliphatic rings. The molecule has 0 aromatic heterocycles. The van der Waals surface area contributed by atoms with E-state index in [0.717, 1.165) is 0 Å². The Bertz CT molecular complexity index is 929. The maximum Gasteiger partial charge on any atom is 0.235 e. The average molecular weight is 393 g/mol. The smallest absolute Gasteiger partial charge is 0.235 e. The van der Waals surface area contributed by atoms with Gasteiger partial charge < -0.3 is 10.1 Å². The maximum atomic E-state index is 13.1. The van der Waals surface area contributed by atoms with Crippen LogP contribution in [-0.2, 0) is 9.59 Å². The van der Waals surface area contributed by atoms with E-state index in [1.807, 2.05) is 19.1 Å². The van der Waals surface area contributed by atoms with Gasteiger partial charge in [0.25, 0.3) is 0 Å². The van der Waals surface area contributed by atoms with Gasteiger partial charge in [0, 0.05) is 11.6 Å². The molecule has 1 N–H and O–H groups in total. The Labute approximate surface area is 168 Å². The van der Waals surface area contributed by atoms with E-state index in [1.54, 1.807) is 24.3 Å². The van der Waals surface area contributed by atoms with E-state index in [0.29, 0.717) is 23.6 Å². The first-order valence-electron chi connectivity index (χ1n) is 9.00. The van der Waals surface area contributed by atoms with Gasteiger partial charge in [-0.3, -0.25) is 9.59 Å². The minimum Gasteiger partial charge on any atom is -0.494 e. The topological polar surface area (TPSA) is 103 Å². The lowest BCUT2D eigenvalue weighted by molar-refractivity contribution is -0.131. The third-order valence-corrected chi connectivity index (χ3v) is 4.40. The number of nitriles is 2. The molecule has 0 radical (unpaired) electrons. The van der Waals surface area contributed by atoms with Crippen molar-refractivity contribution in [3.05, 3.63) is 59.9 Å². The molecule has 0 aliphatic heterocycles. The molecular formula is C22H20FN3O3. The van der Waals surface area contributed by atoms with Crippen LogP contribution in [0.5, 0.6) is 5.75 Å². The molecule has 29 heavy (non-hydrogen) atoms. The molecule has 2 aromatic carbocycles. The third-order valence-electron chi connectivity index (χ3n) is 4.40. The summed E-state index contributed by atoms with van der Waals surface area (Å²) >= 11 is 0. The Balaban J connectivity index is 2.42. The Morgan fingerprint density at radius 2 is 1.66 bits per heavy atom. The van der Waals surface area contributed by atoms with Crippen LogP contribution in [0.3, 0.4) is 0 Å². The Morgan fingerprint density at radius 3 is 2.14 bits per heavy atom. The number of benzene rings is 2. The van der Waals surface area contributed by atoms with Gasteiger partial charge in [0.1, 0.15) is 29.2 Å². The van der Waals surface area contributed by atoms with E-state index in [9.17, 15) is 24.5 Å². The largest absolute Gasteiger partial charge is 0.494 e. The highest BCUT2D eigenvalue weighted by molar-refractivity contribution is 6.07. The molecule has 0 heterocycles. The summed E-state index contributed by atoms with van der Waals surface area (Å²) in [6, 6.07) is 15.4. The number of nitrogens with one attached hydrogen (secondary N) is 1. The van der Waals surface area contributed by atoms with Gasteiger partial charge >= 0.3 is 0 Å². The zero-order valence-corrected chi connectivity index (χ0v) is 16.1. The first-order chi connectivity index (χ1) is 13.9. The van der Waals surface area contributed by atoms with E-state index in [2.05, 4.69) is 5.32 Å². The summed E-state index contributed by atoms with van der Waals surface area (Å²) in [7, 11) is 0. The number of anilines is 1. The summed E-state index contributed by atoms with van der Waals surface area (Å²) in [5, 5.41) is 21.5. The molecule has 0 fully saturated rings.